The lowest BCUT2D eigenvalue weighted by molar-refractivity contribution is 0.0447. The van der Waals surface area contributed by atoms with Crippen LogP contribution in [0.1, 0.15) is 30.0 Å². The van der Waals surface area contributed by atoms with Crippen LogP contribution in [-0.4, -0.2) is 18.2 Å². The standard InChI is InChI=1S/C12H18N2O/c1-9-7-14-5-4-11(9)12(13)10-3-2-6-15-8-10/h4-5,7,10,12H,2-3,6,8,13H2,1H3. The van der Waals surface area contributed by atoms with Gasteiger partial charge in [-0.2, -0.15) is 0 Å². The van der Waals surface area contributed by atoms with Crippen LogP contribution in [0.15, 0.2) is 18.5 Å². The molecule has 2 N–H and O–H groups in total. The van der Waals surface area contributed by atoms with E-state index in [0.717, 1.165) is 19.6 Å². The van der Waals surface area contributed by atoms with Gasteiger partial charge in [-0.15, -0.1) is 0 Å². The van der Waals surface area contributed by atoms with Crippen LogP contribution in [0.3, 0.4) is 0 Å². The number of hydrogen-bond acceptors (Lipinski definition) is 3. The summed E-state index contributed by atoms with van der Waals surface area (Å²) in [6.07, 6.45) is 5.98. The maximum Gasteiger partial charge on any atom is 0.0512 e. The third-order valence-electron chi connectivity index (χ3n) is 3.13. The molecule has 2 unspecified atom stereocenters. The summed E-state index contributed by atoms with van der Waals surface area (Å²) < 4.78 is 5.47. The molecule has 2 atom stereocenters. The van der Waals surface area contributed by atoms with Gasteiger partial charge in [0.25, 0.3) is 0 Å². The van der Waals surface area contributed by atoms with Crippen LogP contribution in [0.25, 0.3) is 0 Å². The molecule has 0 aromatic carbocycles. The predicted molar refractivity (Wildman–Crippen MR) is 59.4 cm³/mol. The molecule has 1 saturated heterocycles. The molecular formula is C12H18N2O. The Morgan fingerprint density at radius 2 is 2.47 bits per heavy atom. The largest absolute Gasteiger partial charge is 0.381 e. The van der Waals surface area contributed by atoms with Crippen LogP contribution >= 0.6 is 0 Å². The highest BCUT2D eigenvalue weighted by molar-refractivity contribution is 5.25. The minimum atomic E-state index is 0.0910. The molecule has 3 nitrogen and oxygen atoms in total. The van der Waals surface area contributed by atoms with Crippen LogP contribution in [0, 0.1) is 12.8 Å². The lowest BCUT2D eigenvalue weighted by atomic mass is 9.88. The Hall–Kier alpha value is -0.930. The lowest BCUT2D eigenvalue weighted by Gasteiger charge is -2.28. The zero-order valence-electron chi connectivity index (χ0n) is 9.15. The van der Waals surface area contributed by atoms with Gasteiger partial charge in [-0.1, -0.05) is 0 Å². The summed E-state index contributed by atoms with van der Waals surface area (Å²) in [6, 6.07) is 2.11. The van der Waals surface area contributed by atoms with Gasteiger partial charge in [-0.05, 0) is 37.0 Å². The van der Waals surface area contributed by atoms with Crippen molar-refractivity contribution in [3.63, 3.8) is 0 Å². The summed E-state index contributed by atoms with van der Waals surface area (Å²) in [6.45, 7) is 3.74. The van der Waals surface area contributed by atoms with Gasteiger partial charge in [0, 0.05) is 31.0 Å². The summed E-state index contributed by atoms with van der Waals surface area (Å²) in [4.78, 5) is 4.09. The average molecular weight is 206 g/mol. The van der Waals surface area contributed by atoms with Crippen molar-refractivity contribution in [3.05, 3.63) is 29.6 Å². The Balaban J connectivity index is 2.12. The molecule has 2 rings (SSSR count). The van der Waals surface area contributed by atoms with E-state index >= 15 is 0 Å². The molecule has 3 heteroatoms. The van der Waals surface area contributed by atoms with Crippen molar-refractivity contribution in [2.75, 3.05) is 13.2 Å². The fraction of sp³-hybridized carbons (Fsp3) is 0.583. The number of hydrogen-bond donors (Lipinski definition) is 1. The Morgan fingerprint density at radius 3 is 3.13 bits per heavy atom. The molecule has 2 heterocycles. The molecule has 1 fully saturated rings. The van der Waals surface area contributed by atoms with Crippen LogP contribution in [0.5, 0.6) is 0 Å². The lowest BCUT2D eigenvalue weighted by Crippen LogP contribution is -2.29. The number of rotatable bonds is 2. The maximum atomic E-state index is 6.26. The molecule has 0 amide bonds. The zero-order valence-corrected chi connectivity index (χ0v) is 9.15. The number of nitrogens with zero attached hydrogens (tertiary/aromatic N) is 1. The van der Waals surface area contributed by atoms with Gasteiger partial charge in [-0.3, -0.25) is 4.98 Å². The highest BCUT2D eigenvalue weighted by Crippen LogP contribution is 2.27. The van der Waals surface area contributed by atoms with E-state index in [1.807, 2.05) is 18.5 Å². The molecule has 0 aliphatic carbocycles. The number of aromatic nitrogens is 1. The maximum absolute atomic E-state index is 6.26. The van der Waals surface area contributed by atoms with E-state index in [9.17, 15) is 0 Å². The molecule has 1 aromatic heterocycles. The predicted octanol–water partition coefficient (Wildman–Crippen LogP) is 1.82. The molecule has 1 aliphatic rings. The van der Waals surface area contributed by atoms with E-state index in [1.54, 1.807) is 0 Å². The second-order valence-corrected chi connectivity index (χ2v) is 4.24. The van der Waals surface area contributed by atoms with Crippen LogP contribution in [0.4, 0.5) is 0 Å². The van der Waals surface area contributed by atoms with Gasteiger partial charge in [0.05, 0.1) is 6.61 Å². The molecule has 0 bridgehead atoms. The van der Waals surface area contributed by atoms with E-state index in [2.05, 4.69) is 11.9 Å². The first kappa shape index (κ1) is 10.6. The second-order valence-electron chi connectivity index (χ2n) is 4.24. The average Bonchev–Trinajstić information content (AvgIpc) is 2.30. The second kappa shape index (κ2) is 4.73. The summed E-state index contributed by atoms with van der Waals surface area (Å²) in [5.74, 6) is 0.458. The van der Waals surface area contributed by atoms with E-state index in [-0.39, 0.29) is 6.04 Å². The smallest absolute Gasteiger partial charge is 0.0512 e. The highest BCUT2D eigenvalue weighted by Gasteiger charge is 2.23. The first-order valence-electron chi connectivity index (χ1n) is 5.53. The van der Waals surface area contributed by atoms with Crippen molar-refractivity contribution >= 4 is 0 Å². The number of ether oxygens (including phenoxy) is 1. The third-order valence-corrected chi connectivity index (χ3v) is 3.13. The van der Waals surface area contributed by atoms with Crippen molar-refractivity contribution in [2.24, 2.45) is 11.7 Å². The van der Waals surface area contributed by atoms with Gasteiger partial charge in [0.15, 0.2) is 0 Å². The van der Waals surface area contributed by atoms with Crippen molar-refractivity contribution in [3.8, 4) is 0 Å². The third kappa shape index (κ3) is 2.36. The van der Waals surface area contributed by atoms with Crippen LogP contribution in [0.2, 0.25) is 0 Å². The van der Waals surface area contributed by atoms with E-state index in [1.165, 1.54) is 17.5 Å². The minimum Gasteiger partial charge on any atom is -0.381 e. The molecule has 82 valence electrons. The minimum absolute atomic E-state index is 0.0910. The number of nitrogens with two attached hydrogens (primary N) is 1. The van der Waals surface area contributed by atoms with Gasteiger partial charge >= 0.3 is 0 Å². The Morgan fingerprint density at radius 1 is 1.60 bits per heavy atom. The van der Waals surface area contributed by atoms with E-state index < -0.39 is 0 Å². The van der Waals surface area contributed by atoms with Gasteiger partial charge in [0.1, 0.15) is 0 Å². The first-order chi connectivity index (χ1) is 7.29. The fourth-order valence-electron chi connectivity index (χ4n) is 2.16. The first-order valence-corrected chi connectivity index (χ1v) is 5.53. The summed E-state index contributed by atoms with van der Waals surface area (Å²) in [5, 5.41) is 0. The van der Waals surface area contributed by atoms with Crippen molar-refractivity contribution in [2.45, 2.75) is 25.8 Å². The van der Waals surface area contributed by atoms with Crippen molar-refractivity contribution in [1.82, 2.24) is 4.98 Å². The number of pyridine rings is 1. The Bertz CT molecular complexity index is 321. The van der Waals surface area contributed by atoms with E-state index in [4.69, 9.17) is 10.5 Å². The SMILES string of the molecule is Cc1cnccc1C(N)C1CCCOC1. The van der Waals surface area contributed by atoms with Crippen molar-refractivity contribution in [1.29, 1.82) is 0 Å². The topological polar surface area (TPSA) is 48.1 Å². The summed E-state index contributed by atoms with van der Waals surface area (Å²) >= 11 is 0. The van der Waals surface area contributed by atoms with Gasteiger partial charge in [0.2, 0.25) is 0 Å². The monoisotopic (exact) mass is 206 g/mol. The van der Waals surface area contributed by atoms with Gasteiger partial charge in [-0.25, -0.2) is 0 Å². The van der Waals surface area contributed by atoms with Crippen LogP contribution < -0.4 is 5.73 Å². The van der Waals surface area contributed by atoms with Crippen molar-refractivity contribution < 1.29 is 4.74 Å². The zero-order chi connectivity index (χ0) is 10.7. The molecule has 0 saturated carbocycles. The summed E-state index contributed by atoms with van der Waals surface area (Å²) in [7, 11) is 0. The molecule has 15 heavy (non-hydrogen) atoms. The highest BCUT2D eigenvalue weighted by atomic mass is 16.5. The fourth-order valence-corrected chi connectivity index (χ4v) is 2.16. The summed E-state index contributed by atoms with van der Waals surface area (Å²) in [5.41, 5.74) is 8.65. The number of aryl methyl sites for hydroxylation is 1. The molecule has 0 radical (unpaired) electrons. The molecular weight excluding hydrogens is 188 g/mol. The Labute approximate surface area is 90.7 Å². The van der Waals surface area contributed by atoms with E-state index in [0.29, 0.717) is 5.92 Å². The normalized spacial score (nSPS) is 23.7. The molecule has 0 spiro atoms. The van der Waals surface area contributed by atoms with Gasteiger partial charge < -0.3 is 10.5 Å². The molecule has 1 aromatic rings. The Kier molecular flexibility index (Phi) is 3.34. The molecule has 1 aliphatic heterocycles. The quantitative estimate of drug-likeness (QED) is 0.803. The van der Waals surface area contributed by atoms with Crippen LogP contribution in [-0.2, 0) is 4.74 Å².